The van der Waals surface area contributed by atoms with Crippen molar-refractivity contribution in [3.8, 4) is 11.8 Å². The fraction of sp³-hybridized carbons (Fsp3) is 0.0417. The molecule has 3 aromatic rings. The number of Topliss-reactive ketones (excluding diaryl/α,β-unsaturated/α-hetero) is 1. The number of aliphatic hydroxyl groups is 1. The van der Waals surface area contributed by atoms with Gasteiger partial charge in [-0.3, -0.25) is 14.5 Å². The molecule has 3 aromatic carbocycles. The van der Waals surface area contributed by atoms with Gasteiger partial charge < -0.3 is 10.2 Å². The first kappa shape index (κ1) is 19.9. The molecule has 0 aliphatic carbocycles. The zero-order chi connectivity index (χ0) is 22.1. The maximum atomic E-state index is 13.3. The minimum absolute atomic E-state index is 0.0790. The number of carbonyl (C=O) groups is 2. The van der Waals surface area contributed by atoms with Gasteiger partial charge in [-0.1, -0.05) is 12.1 Å². The van der Waals surface area contributed by atoms with Crippen LogP contribution < -0.4 is 4.90 Å². The van der Waals surface area contributed by atoms with Crippen molar-refractivity contribution in [1.29, 1.82) is 5.26 Å². The highest BCUT2D eigenvalue weighted by atomic mass is 19.1. The van der Waals surface area contributed by atoms with Crippen LogP contribution in [-0.2, 0) is 9.59 Å². The number of hydrogen-bond donors (Lipinski definition) is 2. The van der Waals surface area contributed by atoms with Crippen molar-refractivity contribution < 1.29 is 24.2 Å². The third-order valence-electron chi connectivity index (χ3n) is 5.02. The Labute approximate surface area is 176 Å². The van der Waals surface area contributed by atoms with Gasteiger partial charge in [0, 0.05) is 11.3 Å². The van der Waals surface area contributed by atoms with Gasteiger partial charge in [0.25, 0.3) is 11.7 Å². The molecule has 1 atom stereocenters. The summed E-state index contributed by atoms with van der Waals surface area (Å²) >= 11 is 0. The molecular formula is C24H15FN2O4. The number of benzene rings is 3. The molecule has 1 saturated heterocycles. The van der Waals surface area contributed by atoms with E-state index in [4.69, 9.17) is 5.26 Å². The molecule has 1 fully saturated rings. The number of carbonyl (C=O) groups excluding carboxylic acids is 2. The number of phenolic OH excluding ortho intramolecular Hbond substituents is 1. The molecule has 1 aliphatic heterocycles. The highest BCUT2D eigenvalue weighted by Crippen LogP contribution is 2.42. The Morgan fingerprint density at radius 2 is 1.68 bits per heavy atom. The van der Waals surface area contributed by atoms with Crippen LogP contribution in [0.3, 0.4) is 0 Å². The number of aliphatic hydroxyl groups excluding tert-OH is 1. The number of ketones is 1. The fourth-order valence-electron chi connectivity index (χ4n) is 3.57. The summed E-state index contributed by atoms with van der Waals surface area (Å²) in [6.45, 7) is 0. The SMILES string of the molecule is N#Cc1ccc(N2C(=O)C(=O)/C(=C(\O)c3ccc(F)cc3)C2c2cccc(O)c2)cc1. The van der Waals surface area contributed by atoms with Crippen LogP contribution in [0.5, 0.6) is 5.75 Å². The number of anilines is 1. The number of halogens is 1. The molecule has 7 heteroatoms. The van der Waals surface area contributed by atoms with E-state index in [2.05, 4.69) is 0 Å². The molecule has 0 bridgehead atoms. The maximum Gasteiger partial charge on any atom is 0.300 e. The number of hydrogen-bond acceptors (Lipinski definition) is 5. The number of amides is 1. The first-order valence-corrected chi connectivity index (χ1v) is 9.26. The standard InChI is InChI=1S/C24H15FN2O4/c25-17-8-6-15(7-9-17)22(29)20-21(16-2-1-3-19(28)12-16)27(24(31)23(20)30)18-10-4-14(13-26)5-11-18/h1-12,21,28-29H/b22-20-. The summed E-state index contributed by atoms with van der Waals surface area (Å²) in [6.07, 6.45) is 0. The first-order valence-electron chi connectivity index (χ1n) is 9.26. The van der Waals surface area contributed by atoms with Crippen molar-refractivity contribution in [2.24, 2.45) is 0 Å². The summed E-state index contributed by atoms with van der Waals surface area (Å²) < 4.78 is 13.3. The van der Waals surface area contributed by atoms with E-state index in [1.807, 2.05) is 6.07 Å². The lowest BCUT2D eigenvalue weighted by molar-refractivity contribution is -0.132. The first-order chi connectivity index (χ1) is 14.9. The van der Waals surface area contributed by atoms with Gasteiger partial charge in [-0.2, -0.15) is 5.26 Å². The Kier molecular flexibility index (Phi) is 4.97. The molecule has 0 radical (unpaired) electrons. The van der Waals surface area contributed by atoms with Gasteiger partial charge in [0.15, 0.2) is 0 Å². The van der Waals surface area contributed by atoms with E-state index in [0.717, 1.165) is 12.1 Å². The number of nitrogens with zero attached hydrogens (tertiary/aromatic N) is 2. The summed E-state index contributed by atoms with van der Waals surface area (Å²) in [4.78, 5) is 27.1. The van der Waals surface area contributed by atoms with Crippen LogP contribution in [0.2, 0.25) is 0 Å². The molecule has 1 amide bonds. The average Bonchev–Trinajstić information content (AvgIpc) is 3.04. The molecule has 0 saturated carbocycles. The normalized spacial score (nSPS) is 17.5. The Hall–Kier alpha value is -4.44. The second-order valence-electron chi connectivity index (χ2n) is 6.93. The van der Waals surface area contributed by atoms with Crippen molar-refractivity contribution in [2.75, 3.05) is 4.90 Å². The number of nitriles is 1. The molecule has 0 spiro atoms. The van der Waals surface area contributed by atoms with Crippen molar-refractivity contribution in [3.63, 3.8) is 0 Å². The van der Waals surface area contributed by atoms with Crippen LogP contribution >= 0.6 is 0 Å². The minimum atomic E-state index is -1.04. The maximum absolute atomic E-state index is 13.3. The number of rotatable bonds is 3. The van der Waals surface area contributed by atoms with Gasteiger partial charge in [-0.15, -0.1) is 0 Å². The molecular weight excluding hydrogens is 399 g/mol. The predicted molar refractivity (Wildman–Crippen MR) is 110 cm³/mol. The lowest BCUT2D eigenvalue weighted by atomic mass is 9.95. The van der Waals surface area contributed by atoms with Gasteiger partial charge in [0.05, 0.1) is 23.2 Å². The smallest absolute Gasteiger partial charge is 0.300 e. The van der Waals surface area contributed by atoms with Crippen LogP contribution in [0.15, 0.2) is 78.4 Å². The third-order valence-corrected chi connectivity index (χ3v) is 5.02. The Morgan fingerprint density at radius 1 is 1.00 bits per heavy atom. The summed E-state index contributed by atoms with van der Waals surface area (Å²) in [7, 11) is 0. The Morgan fingerprint density at radius 3 is 2.29 bits per heavy atom. The molecule has 152 valence electrons. The molecule has 0 aromatic heterocycles. The van der Waals surface area contributed by atoms with Crippen LogP contribution in [0.25, 0.3) is 5.76 Å². The molecule has 1 unspecified atom stereocenters. The molecule has 4 rings (SSSR count). The van der Waals surface area contributed by atoms with E-state index >= 15 is 0 Å². The highest BCUT2D eigenvalue weighted by molar-refractivity contribution is 6.51. The molecule has 1 heterocycles. The van der Waals surface area contributed by atoms with Crippen LogP contribution in [-0.4, -0.2) is 21.9 Å². The largest absolute Gasteiger partial charge is 0.508 e. The van der Waals surface area contributed by atoms with E-state index in [1.165, 1.54) is 53.4 Å². The Balaban J connectivity index is 1.94. The van der Waals surface area contributed by atoms with E-state index in [9.17, 15) is 24.2 Å². The minimum Gasteiger partial charge on any atom is -0.508 e. The zero-order valence-corrected chi connectivity index (χ0v) is 16.0. The zero-order valence-electron chi connectivity index (χ0n) is 16.0. The van der Waals surface area contributed by atoms with Crippen molar-refractivity contribution in [1.82, 2.24) is 0 Å². The van der Waals surface area contributed by atoms with Gasteiger partial charge in [0.1, 0.15) is 17.3 Å². The van der Waals surface area contributed by atoms with Gasteiger partial charge in [-0.05, 0) is 66.2 Å². The van der Waals surface area contributed by atoms with Gasteiger partial charge in [-0.25, -0.2) is 4.39 Å². The van der Waals surface area contributed by atoms with Crippen LogP contribution in [0.1, 0.15) is 22.7 Å². The van der Waals surface area contributed by atoms with Crippen molar-refractivity contribution >= 4 is 23.1 Å². The fourth-order valence-corrected chi connectivity index (χ4v) is 3.57. The van der Waals surface area contributed by atoms with Crippen LogP contribution in [0, 0.1) is 17.1 Å². The average molecular weight is 414 g/mol. The molecule has 6 nitrogen and oxygen atoms in total. The quantitative estimate of drug-likeness (QED) is 0.383. The predicted octanol–water partition coefficient (Wildman–Crippen LogP) is 4.03. The van der Waals surface area contributed by atoms with E-state index in [-0.39, 0.29) is 16.9 Å². The summed E-state index contributed by atoms with van der Waals surface area (Å²) in [6, 6.07) is 17.9. The lowest BCUT2D eigenvalue weighted by Gasteiger charge is -2.25. The summed E-state index contributed by atoms with van der Waals surface area (Å²) in [5.41, 5.74) is 1.09. The molecule has 2 N–H and O–H groups in total. The lowest BCUT2D eigenvalue weighted by Crippen LogP contribution is -2.29. The van der Waals surface area contributed by atoms with Gasteiger partial charge >= 0.3 is 0 Å². The second kappa shape index (κ2) is 7.76. The molecule has 1 aliphatic rings. The second-order valence-corrected chi connectivity index (χ2v) is 6.93. The van der Waals surface area contributed by atoms with Crippen molar-refractivity contribution in [3.05, 3.63) is 101 Å². The third kappa shape index (κ3) is 3.51. The highest BCUT2D eigenvalue weighted by Gasteiger charge is 2.47. The van der Waals surface area contributed by atoms with E-state index in [1.54, 1.807) is 12.1 Å². The van der Waals surface area contributed by atoms with E-state index in [0.29, 0.717) is 16.8 Å². The van der Waals surface area contributed by atoms with E-state index < -0.39 is 29.3 Å². The molecule has 31 heavy (non-hydrogen) atoms. The monoisotopic (exact) mass is 414 g/mol. The summed E-state index contributed by atoms with van der Waals surface area (Å²) in [5.74, 6) is -2.84. The Bertz CT molecular complexity index is 1260. The number of aromatic hydroxyl groups is 1. The van der Waals surface area contributed by atoms with Crippen LogP contribution in [0.4, 0.5) is 10.1 Å². The summed E-state index contributed by atoms with van der Waals surface area (Å²) in [5, 5.41) is 29.9. The van der Waals surface area contributed by atoms with Gasteiger partial charge in [0.2, 0.25) is 0 Å². The van der Waals surface area contributed by atoms with Crippen molar-refractivity contribution in [2.45, 2.75) is 6.04 Å². The number of phenols is 1. The topological polar surface area (TPSA) is 102 Å².